The third kappa shape index (κ3) is 3.72. The van der Waals surface area contributed by atoms with Crippen LogP contribution in [0, 0.1) is 0 Å². The van der Waals surface area contributed by atoms with E-state index in [0.717, 1.165) is 29.3 Å². The van der Waals surface area contributed by atoms with E-state index in [1.165, 1.54) is 0 Å². The molecule has 2 heterocycles. The molecule has 1 aromatic carbocycles. The number of halogens is 1. The molecule has 2 aromatic heterocycles. The fraction of sp³-hybridized carbons (Fsp3) is 0.176. The van der Waals surface area contributed by atoms with Crippen molar-refractivity contribution in [2.24, 2.45) is 0 Å². The van der Waals surface area contributed by atoms with E-state index in [-0.39, 0.29) is 0 Å². The molecule has 3 rings (SSSR count). The molecular weight excluding hydrogens is 298 g/mol. The molecule has 0 amide bonds. The van der Waals surface area contributed by atoms with E-state index in [1.807, 2.05) is 43.4 Å². The second kappa shape index (κ2) is 6.73. The maximum Gasteiger partial charge on any atom is 0.134 e. The zero-order valence-electron chi connectivity index (χ0n) is 12.2. The highest BCUT2D eigenvalue weighted by atomic mass is 35.5. The Balaban J connectivity index is 1.66. The van der Waals surface area contributed by atoms with Crippen LogP contribution in [0.25, 0.3) is 11.3 Å². The first-order chi connectivity index (χ1) is 10.7. The van der Waals surface area contributed by atoms with Gasteiger partial charge in [-0.3, -0.25) is 14.9 Å². The van der Waals surface area contributed by atoms with Crippen LogP contribution in [0.2, 0.25) is 5.02 Å². The normalized spacial score (nSPS) is 11.0. The third-order valence-corrected chi connectivity index (χ3v) is 3.48. The van der Waals surface area contributed by atoms with E-state index in [9.17, 15) is 0 Å². The molecule has 0 bridgehead atoms. The number of rotatable bonds is 5. The highest BCUT2D eigenvalue weighted by molar-refractivity contribution is 6.30. The van der Waals surface area contributed by atoms with Gasteiger partial charge < -0.3 is 4.42 Å². The van der Waals surface area contributed by atoms with Gasteiger partial charge in [0.25, 0.3) is 0 Å². The molecule has 0 spiro atoms. The van der Waals surface area contributed by atoms with Crippen molar-refractivity contribution < 1.29 is 4.42 Å². The summed E-state index contributed by atoms with van der Waals surface area (Å²) >= 11 is 6.01. The molecule has 0 atom stereocenters. The summed E-state index contributed by atoms with van der Waals surface area (Å²) < 4.78 is 5.90. The smallest absolute Gasteiger partial charge is 0.134 e. The van der Waals surface area contributed by atoms with E-state index in [1.54, 1.807) is 18.6 Å². The van der Waals surface area contributed by atoms with E-state index < -0.39 is 0 Å². The lowest BCUT2D eigenvalue weighted by atomic mass is 10.2. The first kappa shape index (κ1) is 14.8. The lowest BCUT2D eigenvalue weighted by Gasteiger charge is -2.14. The molecule has 0 aliphatic heterocycles. The Labute approximate surface area is 134 Å². The Bertz CT molecular complexity index is 742. The van der Waals surface area contributed by atoms with Gasteiger partial charge in [-0.05, 0) is 31.3 Å². The average molecular weight is 314 g/mol. The minimum Gasteiger partial charge on any atom is -0.460 e. The van der Waals surface area contributed by atoms with Crippen LogP contribution in [0.3, 0.4) is 0 Å². The fourth-order valence-corrected chi connectivity index (χ4v) is 2.46. The van der Waals surface area contributed by atoms with Crippen LogP contribution in [0.1, 0.15) is 11.5 Å². The summed E-state index contributed by atoms with van der Waals surface area (Å²) in [6, 6.07) is 11.6. The topological polar surface area (TPSA) is 42.2 Å². The monoisotopic (exact) mass is 313 g/mol. The van der Waals surface area contributed by atoms with Gasteiger partial charge in [-0.25, -0.2) is 0 Å². The lowest BCUT2D eigenvalue weighted by molar-refractivity contribution is 0.286. The van der Waals surface area contributed by atoms with Crippen molar-refractivity contribution in [1.29, 1.82) is 0 Å². The molecule has 5 heteroatoms. The molecule has 0 saturated heterocycles. The van der Waals surface area contributed by atoms with Gasteiger partial charge in [0.1, 0.15) is 11.5 Å². The van der Waals surface area contributed by atoms with Crippen molar-refractivity contribution >= 4 is 11.6 Å². The summed E-state index contributed by atoms with van der Waals surface area (Å²) in [5.74, 6) is 1.73. The van der Waals surface area contributed by atoms with Gasteiger partial charge in [-0.2, -0.15) is 0 Å². The van der Waals surface area contributed by atoms with Gasteiger partial charge >= 0.3 is 0 Å². The van der Waals surface area contributed by atoms with Gasteiger partial charge in [-0.1, -0.05) is 23.7 Å². The number of hydrogen-bond acceptors (Lipinski definition) is 4. The van der Waals surface area contributed by atoms with Crippen molar-refractivity contribution in [2.45, 2.75) is 13.1 Å². The Morgan fingerprint density at radius 3 is 2.82 bits per heavy atom. The number of hydrogen-bond donors (Lipinski definition) is 0. The van der Waals surface area contributed by atoms with Gasteiger partial charge in [0, 0.05) is 35.7 Å². The second-order valence-electron chi connectivity index (χ2n) is 5.15. The Morgan fingerprint density at radius 2 is 2.05 bits per heavy atom. The summed E-state index contributed by atoms with van der Waals surface area (Å²) in [7, 11) is 2.02. The quantitative estimate of drug-likeness (QED) is 0.713. The Morgan fingerprint density at radius 1 is 1.14 bits per heavy atom. The van der Waals surface area contributed by atoms with Gasteiger partial charge in [0.2, 0.25) is 0 Å². The van der Waals surface area contributed by atoms with Crippen molar-refractivity contribution in [3.63, 3.8) is 0 Å². The zero-order chi connectivity index (χ0) is 15.4. The molecule has 4 nitrogen and oxygen atoms in total. The summed E-state index contributed by atoms with van der Waals surface area (Å²) in [5.41, 5.74) is 1.92. The molecule has 22 heavy (non-hydrogen) atoms. The molecule has 112 valence electrons. The first-order valence-corrected chi connectivity index (χ1v) is 7.36. The lowest BCUT2D eigenvalue weighted by Crippen LogP contribution is -2.17. The zero-order valence-corrected chi connectivity index (χ0v) is 13.0. The largest absolute Gasteiger partial charge is 0.460 e. The standard InChI is InChI=1S/C17H16ClN3O/c1-21(11-15-10-19-7-8-20-15)12-16-5-6-17(22-16)13-3-2-4-14(18)9-13/h2-10H,11-12H2,1H3. The summed E-state index contributed by atoms with van der Waals surface area (Å²) in [6.07, 6.45) is 5.15. The SMILES string of the molecule is CN(Cc1cnccn1)Cc1ccc(-c2cccc(Cl)c2)o1. The molecule has 3 aromatic rings. The van der Waals surface area contributed by atoms with E-state index >= 15 is 0 Å². The summed E-state index contributed by atoms with van der Waals surface area (Å²) in [5, 5.41) is 0.704. The minimum atomic E-state index is 0.704. The summed E-state index contributed by atoms with van der Waals surface area (Å²) in [4.78, 5) is 10.5. The molecule has 0 aliphatic carbocycles. The second-order valence-corrected chi connectivity index (χ2v) is 5.58. The van der Waals surface area contributed by atoms with Crippen LogP contribution in [0.4, 0.5) is 0 Å². The van der Waals surface area contributed by atoms with Gasteiger partial charge in [0.15, 0.2) is 0 Å². The van der Waals surface area contributed by atoms with Crippen LogP contribution >= 0.6 is 11.6 Å². The van der Waals surface area contributed by atoms with Crippen LogP contribution in [0.15, 0.2) is 59.4 Å². The van der Waals surface area contributed by atoms with E-state index in [2.05, 4.69) is 14.9 Å². The number of aromatic nitrogens is 2. The third-order valence-electron chi connectivity index (χ3n) is 3.25. The molecule has 0 saturated carbocycles. The van der Waals surface area contributed by atoms with Crippen molar-refractivity contribution in [3.05, 3.63) is 71.5 Å². The maximum atomic E-state index is 6.01. The predicted molar refractivity (Wildman–Crippen MR) is 86.4 cm³/mol. The molecule has 0 radical (unpaired) electrons. The van der Waals surface area contributed by atoms with Crippen LogP contribution in [-0.4, -0.2) is 21.9 Å². The number of nitrogens with zero attached hydrogens (tertiary/aromatic N) is 3. The molecular formula is C17H16ClN3O. The first-order valence-electron chi connectivity index (χ1n) is 6.99. The van der Waals surface area contributed by atoms with Gasteiger partial charge in [-0.15, -0.1) is 0 Å². The highest BCUT2D eigenvalue weighted by Crippen LogP contribution is 2.25. The number of furan rings is 1. The maximum absolute atomic E-state index is 6.01. The van der Waals surface area contributed by atoms with Crippen molar-refractivity contribution in [1.82, 2.24) is 14.9 Å². The molecule has 0 aliphatic rings. The molecule has 0 N–H and O–H groups in total. The summed E-state index contributed by atoms with van der Waals surface area (Å²) in [6.45, 7) is 1.43. The van der Waals surface area contributed by atoms with Crippen LogP contribution in [0.5, 0.6) is 0 Å². The van der Waals surface area contributed by atoms with E-state index in [4.69, 9.17) is 16.0 Å². The molecule has 0 unspecified atom stereocenters. The minimum absolute atomic E-state index is 0.704. The van der Waals surface area contributed by atoms with Crippen LogP contribution in [-0.2, 0) is 13.1 Å². The molecule has 0 fully saturated rings. The van der Waals surface area contributed by atoms with Gasteiger partial charge in [0.05, 0.1) is 12.2 Å². The van der Waals surface area contributed by atoms with Crippen molar-refractivity contribution in [3.8, 4) is 11.3 Å². The van der Waals surface area contributed by atoms with E-state index in [0.29, 0.717) is 11.6 Å². The van der Waals surface area contributed by atoms with Crippen molar-refractivity contribution in [2.75, 3.05) is 7.05 Å². The average Bonchev–Trinajstić information content (AvgIpc) is 2.96. The highest BCUT2D eigenvalue weighted by Gasteiger charge is 2.08. The Kier molecular flexibility index (Phi) is 4.51. The predicted octanol–water partition coefficient (Wildman–Crippen LogP) is 4.02. The van der Waals surface area contributed by atoms with Crippen LogP contribution < -0.4 is 0 Å². The fourth-order valence-electron chi connectivity index (χ4n) is 2.27. The Hall–Kier alpha value is -2.17. The number of benzene rings is 1.